The monoisotopic (exact) mass is 274 g/mol. The fourth-order valence-corrected chi connectivity index (χ4v) is 1.61. The van der Waals surface area contributed by atoms with Gasteiger partial charge in [-0.25, -0.2) is 4.68 Å². The quantitative estimate of drug-likeness (QED) is 0.788. The van der Waals surface area contributed by atoms with Gasteiger partial charge in [-0.15, -0.1) is 0 Å². The zero-order chi connectivity index (χ0) is 13.3. The minimum Gasteiger partial charge on any atom is -0.276 e. The Bertz CT molecular complexity index is 592. The van der Waals surface area contributed by atoms with Gasteiger partial charge in [0.2, 0.25) is 0 Å². The molecule has 18 heavy (non-hydrogen) atoms. The highest BCUT2D eigenvalue weighted by Crippen LogP contribution is 2.28. The van der Waals surface area contributed by atoms with Crippen LogP contribution in [0.5, 0.6) is 0 Å². The topological polar surface area (TPSA) is 34.9 Å². The van der Waals surface area contributed by atoms with Gasteiger partial charge in [0.1, 0.15) is 0 Å². The number of rotatable bonds is 2. The van der Waals surface area contributed by atoms with Crippen molar-refractivity contribution in [1.82, 2.24) is 9.78 Å². The zero-order valence-corrected chi connectivity index (χ0v) is 9.53. The van der Waals surface area contributed by atoms with E-state index in [2.05, 4.69) is 5.10 Å². The summed E-state index contributed by atoms with van der Waals surface area (Å²) in [6.07, 6.45) is -3.40. The Morgan fingerprint density at radius 1 is 1.22 bits per heavy atom. The van der Waals surface area contributed by atoms with Crippen molar-refractivity contribution in [1.29, 1.82) is 0 Å². The molecule has 0 aliphatic heterocycles. The number of alkyl halides is 3. The molecule has 0 aliphatic rings. The lowest BCUT2D eigenvalue weighted by atomic mass is 10.2. The minimum absolute atomic E-state index is 0.0935. The minimum atomic E-state index is -4.52. The first-order valence-corrected chi connectivity index (χ1v) is 5.19. The standard InChI is InChI=1S/C11H6ClF3N2O/c12-10(18)7-3-1-2-4-8(7)17-6-5-9(16-17)11(13,14)15/h1-6H. The molecule has 1 aromatic heterocycles. The summed E-state index contributed by atoms with van der Waals surface area (Å²) < 4.78 is 38.2. The van der Waals surface area contributed by atoms with Gasteiger partial charge in [0, 0.05) is 6.20 Å². The summed E-state index contributed by atoms with van der Waals surface area (Å²) in [5.74, 6) is 0. The van der Waals surface area contributed by atoms with E-state index in [-0.39, 0.29) is 11.3 Å². The van der Waals surface area contributed by atoms with Crippen molar-refractivity contribution in [3.63, 3.8) is 0 Å². The van der Waals surface area contributed by atoms with Gasteiger partial charge in [-0.1, -0.05) is 12.1 Å². The van der Waals surface area contributed by atoms with Crippen LogP contribution < -0.4 is 0 Å². The van der Waals surface area contributed by atoms with E-state index in [1.807, 2.05) is 0 Å². The van der Waals surface area contributed by atoms with E-state index in [1.54, 1.807) is 12.1 Å². The van der Waals surface area contributed by atoms with Crippen LogP contribution in [0, 0.1) is 0 Å². The van der Waals surface area contributed by atoms with Gasteiger partial charge >= 0.3 is 6.18 Å². The first-order chi connectivity index (χ1) is 8.39. The Labute approximate surface area is 105 Å². The van der Waals surface area contributed by atoms with Gasteiger partial charge in [-0.2, -0.15) is 18.3 Å². The summed E-state index contributed by atoms with van der Waals surface area (Å²) in [5, 5.41) is 2.62. The lowest BCUT2D eigenvalue weighted by molar-refractivity contribution is -0.141. The van der Waals surface area contributed by atoms with Gasteiger partial charge in [0.25, 0.3) is 5.24 Å². The van der Waals surface area contributed by atoms with Crippen LogP contribution in [0.3, 0.4) is 0 Å². The van der Waals surface area contributed by atoms with E-state index in [9.17, 15) is 18.0 Å². The molecule has 1 aromatic carbocycles. The summed E-state index contributed by atoms with van der Waals surface area (Å²) in [5.41, 5.74) is -0.733. The molecule has 0 radical (unpaired) electrons. The first-order valence-electron chi connectivity index (χ1n) is 4.81. The van der Waals surface area contributed by atoms with Crippen LogP contribution >= 0.6 is 11.6 Å². The van der Waals surface area contributed by atoms with Crippen molar-refractivity contribution in [3.8, 4) is 5.69 Å². The molecule has 0 aliphatic carbocycles. The maximum absolute atomic E-state index is 12.4. The molecule has 0 unspecified atom stereocenters. The molecule has 0 fully saturated rings. The Kier molecular flexibility index (Phi) is 3.13. The zero-order valence-electron chi connectivity index (χ0n) is 8.78. The number of hydrogen-bond donors (Lipinski definition) is 0. The van der Waals surface area contributed by atoms with Gasteiger partial charge in [-0.3, -0.25) is 4.79 Å². The molecule has 3 nitrogen and oxygen atoms in total. The highest BCUT2D eigenvalue weighted by atomic mass is 35.5. The fourth-order valence-electron chi connectivity index (χ4n) is 1.45. The predicted molar refractivity (Wildman–Crippen MR) is 58.7 cm³/mol. The van der Waals surface area contributed by atoms with Crippen molar-refractivity contribution in [3.05, 3.63) is 47.8 Å². The maximum atomic E-state index is 12.4. The molecule has 94 valence electrons. The molecule has 2 rings (SSSR count). The Hall–Kier alpha value is -1.82. The van der Waals surface area contributed by atoms with Crippen LogP contribution in [0.25, 0.3) is 5.69 Å². The third kappa shape index (κ3) is 2.38. The first kappa shape index (κ1) is 12.6. The third-order valence-corrected chi connectivity index (χ3v) is 2.45. The van der Waals surface area contributed by atoms with Crippen molar-refractivity contribution < 1.29 is 18.0 Å². The lowest BCUT2D eigenvalue weighted by Gasteiger charge is -2.06. The summed E-state index contributed by atoms with van der Waals surface area (Å²) in [6.45, 7) is 0. The Morgan fingerprint density at radius 3 is 2.44 bits per heavy atom. The Morgan fingerprint density at radius 2 is 1.89 bits per heavy atom. The summed E-state index contributed by atoms with van der Waals surface area (Å²) in [6, 6.07) is 6.85. The number of carbonyl (C=O) groups is 1. The molecule has 0 bridgehead atoms. The highest BCUT2D eigenvalue weighted by Gasteiger charge is 2.33. The molecule has 1 heterocycles. The number of para-hydroxylation sites is 1. The van der Waals surface area contributed by atoms with Gasteiger partial charge in [-0.05, 0) is 29.8 Å². The van der Waals surface area contributed by atoms with Crippen molar-refractivity contribution in [2.75, 3.05) is 0 Å². The molecular weight excluding hydrogens is 269 g/mol. The molecule has 0 saturated heterocycles. The number of benzene rings is 1. The normalized spacial score (nSPS) is 11.6. The average molecular weight is 275 g/mol. The van der Waals surface area contributed by atoms with Crippen LogP contribution in [0.4, 0.5) is 13.2 Å². The predicted octanol–water partition coefficient (Wildman–Crippen LogP) is 3.27. The van der Waals surface area contributed by atoms with E-state index >= 15 is 0 Å². The SMILES string of the molecule is O=C(Cl)c1ccccc1-n1ccc(C(F)(F)F)n1. The smallest absolute Gasteiger partial charge is 0.276 e. The maximum Gasteiger partial charge on any atom is 0.435 e. The van der Waals surface area contributed by atoms with E-state index in [0.717, 1.165) is 16.9 Å². The number of halogens is 4. The van der Waals surface area contributed by atoms with Crippen molar-refractivity contribution >= 4 is 16.8 Å². The molecule has 0 N–H and O–H groups in total. The van der Waals surface area contributed by atoms with E-state index < -0.39 is 17.1 Å². The van der Waals surface area contributed by atoms with E-state index in [1.165, 1.54) is 12.1 Å². The summed E-state index contributed by atoms with van der Waals surface area (Å²) in [4.78, 5) is 11.1. The highest BCUT2D eigenvalue weighted by molar-refractivity contribution is 6.68. The van der Waals surface area contributed by atoms with Crippen LogP contribution in [0.15, 0.2) is 36.5 Å². The molecular formula is C11H6ClF3N2O. The summed E-state index contributed by atoms with van der Waals surface area (Å²) in [7, 11) is 0. The average Bonchev–Trinajstić information content (AvgIpc) is 2.77. The van der Waals surface area contributed by atoms with Crippen LogP contribution in [0.2, 0.25) is 0 Å². The molecule has 0 saturated carbocycles. The lowest BCUT2D eigenvalue weighted by Crippen LogP contribution is -2.08. The second-order valence-corrected chi connectivity index (χ2v) is 3.78. The number of hydrogen-bond acceptors (Lipinski definition) is 2. The van der Waals surface area contributed by atoms with Crippen LogP contribution in [0.1, 0.15) is 16.1 Å². The Balaban J connectivity index is 2.50. The molecule has 0 spiro atoms. The fraction of sp³-hybridized carbons (Fsp3) is 0.0909. The largest absolute Gasteiger partial charge is 0.435 e. The summed E-state index contributed by atoms with van der Waals surface area (Å²) >= 11 is 5.35. The molecule has 0 atom stereocenters. The third-order valence-electron chi connectivity index (χ3n) is 2.24. The van der Waals surface area contributed by atoms with Crippen molar-refractivity contribution in [2.45, 2.75) is 6.18 Å². The number of nitrogens with zero attached hydrogens (tertiary/aromatic N) is 2. The second-order valence-electron chi connectivity index (χ2n) is 3.43. The van der Waals surface area contributed by atoms with E-state index in [0.29, 0.717) is 0 Å². The van der Waals surface area contributed by atoms with E-state index in [4.69, 9.17) is 11.6 Å². The molecule has 2 aromatic rings. The van der Waals surface area contributed by atoms with Gasteiger partial charge in [0.05, 0.1) is 11.3 Å². The van der Waals surface area contributed by atoms with Crippen LogP contribution in [-0.4, -0.2) is 15.0 Å². The molecule has 7 heteroatoms. The number of aromatic nitrogens is 2. The second kappa shape index (κ2) is 4.45. The van der Waals surface area contributed by atoms with Gasteiger partial charge < -0.3 is 0 Å². The number of carbonyl (C=O) groups excluding carboxylic acids is 1. The molecule has 0 amide bonds. The van der Waals surface area contributed by atoms with Crippen LogP contribution in [-0.2, 0) is 6.18 Å². The van der Waals surface area contributed by atoms with Gasteiger partial charge in [0.15, 0.2) is 5.69 Å². The van der Waals surface area contributed by atoms with Crippen molar-refractivity contribution in [2.24, 2.45) is 0 Å².